The fraction of sp³-hybridized carbons (Fsp3) is 0.130. The van der Waals surface area contributed by atoms with Gasteiger partial charge in [-0.1, -0.05) is 24.3 Å². The van der Waals surface area contributed by atoms with Gasteiger partial charge in [0.1, 0.15) is 5.82 Å². The third-order valence-corrected chi connectivity index (χ3v) is 4.67. The van der Waals surface area contributed by atoms with E-state index in [0.717, 1.165) is 23.3 Å². The van der Waals surface area contributed by atoms with Crippen LogP contribution in [0.2, 0.25) is 0 Å². The number of aromatic nitrogens is 2. The summed E-state index contributed by atoms with van der Waals surface area (Å²) in [4.78, 5) is 10.9. The van der Waals surface area contributed by atoms with Gasteiger partial charge in [-0.25, -0.2) is 4.98 Å². The highest BCUT2D eigenvalue weighted by Gasteiger charge is 2.08. The van der Waals surface area contributed by atoms with Crippen molar-refractivity contribution in [2.24, 2.45) is 0 Å². The van der Waals surface area contributed by atoms with Crippen LogP contribution in [0.5, 0.6) is 0 Å². The Morgan fingerprint density at radius 2 is 1.56 bits per heavy atom. The number of nitrogens with one attached hydrogen (secondary N) is 1. The molecule has 0 unspecified atom stereocenters. The molecule has 27 heavy (non-hydrogen) atoms. The van der Waals surface area contributed by atoms with Crippen LogP contribution in [0.1, 0.15) is 11.1 Å². The second kappa shape index (κ2) is 7.46. The molecule has 4 nitrogen and oxygen atoms in total. The fourth-order valence-corrected chi connectivity index (χ4v) is 3.19. The fourth-order valence-electron chi connectivity index (χ4n) is 3.19. The van der Waals surface area contributed by atoms with Crippen LogP contribution in [-0.4, -0.2) is 24.1 Å². The largest absolute Gasteiger partial charge is 0.378 e. The first-order valence-electron chi connectivity index (χ1n) is 9.00. The van der Waals surface area contributed by atoms with Gasteiger partial charge in [-0.05, 0) is 59.3 Å². The molecule has 2 aromatic carbocycles. The summed E-state index contributed by atoms with van der Waals surface area (Å²) in [7, 11) is 4.08. The van der Waals surface area contributed by atoms with E-state index in [9.17, 15) is 0 Å². The summed E-state index contributed by atoms with van der Waals surface area (Å²) >= 11 is 0. The Kier molecular flexibility index (Phi) is 4.71. The van der Waals surface area contributed by atoms with E-state index in [0.29, 0.717) is 0 Å². The molecule has 0 saturated heterocycles. The van der Waals surface area contributed by atoms with E-state index in [4.69, 9.17) is 4.98 Å². The molecule has 0 spiro atoms. The highest BCUT2D eigenvalue weighted by Crippen LogP contribution is 2.28. The highest BCUT2D eigenvalue weighted by atomic mass is 15.1. The summed E-state index contributed by atoms with van der Waals surface area (Å²) in [5, 5.41) is 5.81. The third-order valence-electron chi connectivity index (χ3n) is 4.67. The zero-order valence-electron chi connectivity index (χ0n) is 15.6. The van der Waals surface area contributed by atoms with Gasteiger partial charge in [0.25, 0.3) is 0 Å². The summed E-state index contributed by atoms with van der Waals surface area (Å²) < 4.78 is 0. The minimum atomic E-state index is 0.841. The molecule has 0 atom stereocenters. The van der Waals surface area contributed by atoms with Gasteiger partial charge >= 0.3 is 0 Å². The lowest BCUT2D eigenvalue weighted by Crippen LogP contribution is -2.08. The topological polar surface area (TPSA) is 41.0 Å². The molecule has 4 heteroatoms. The first kappa shape index (κ1) is 17.0. The Hall–Kier alpha value is -3.40. The Morgan fingerprint density at radius 3 is 2.26 bits per heavy atom. The predicted molar refractivity (Wildman–Crippen MR) is 113 cm³/mol. The summed E-state index contributed by atoms with van der Waals surface area (Å²) in [5.41, 5.74) is 4.65. The Morgan fingerprint density at radius 1 is 0.852 bits per heavy atom. The number of pyridine rings is 2. The van der Waals surface area contributed by atoms with Crippen molar-refractivity contribution in [3.05, 3.63) is 90.4 Å². The highest BCUT2D eigenvalue weighted by molar-refractivity contribution is 5.95. The molecule has 1 N–H and O–H groups in total. The van der Waals surface area contributed by atoms with E-state index in [-0.39, 0.29) is 0 Å². The van der Waals surface area contributed by atoms with Crippen molar-refractivity contribution in [2.75, 3.05) is 24.3 Å². The van der Waals surface area contributed by atoms with Gasteiger partial charge in [0.15, 0.2) is 0 Å². The smallest absolute Gasteiger partial charge is 0.138 e. The van der Waals surface area contributed by atoms with E-state index < -0.39 is 0 Å². The molecule has 2 heterocycles. The molecule has 0 bridgehead atoms. The molecule has 134 valence electrons. The van der Waals surface area contributed by atoms with Crippen molar-refractivity contribution >= 4 is 28.0 Å². The van der Waals surface area contributed by atoms with Gasteiger partial charge in [-0.3, -0.25) is 4.98 Å². The van der Waals surface area contributed by atoms with Crippen molar-refractivity contribution in [3.63, 3.8) is 0 Å². The Bertz CT molecular complexity index is 1040. The van der Waals surface area contributed by atoms with Crippen molar-refractivity contribution in [3.8, 4) is 0 Å². The van der Waals surface area contributed by atoms with Crippen LogP contribution in [0, 0.1) is 0 Å². The van der Waals surface area contributed by atoms with Gasteiger partial charge in [-0.2, -0.15) is 0 Å². The quantitative estimate of drug-likeness (QED) is 0.546. The number of anilines is 3. The maximum atomic E-state index is 4.72. The van der Waals surface area contributed by atoms with Gasteiger partial charge in [0, 0.05) is 49.4 Å². The maximum Gasteiger partial charge on any atom is 0.138 e. The van der Waals surface area contributed by atoms with Crippen LogP contribution < -0.4 is 10.2 Å². The predicted octanol–water partition coefficient (Wildman–Crippen LogP) is 5.03. The van der Waals surface area contributed by atoms with Crippen LogP contribution in [0.4, 0.5) is 17.2 Å². The lowest BCUT2D eigenvalue weighted by Gasteiger charge is -2.15. The van der Waals surface area contributed by atoms with E-state index >= 15 is 0 Å². The molecule has 0 aliphatic carbocycles. The van der Waals surface area contributed by atoms with Gasteiger partial charge in [-0.15, -0.1) is 0 Å². The first-order chi connectivity index (χ1) is 13.2. The molecule has 0 radical (unpaired) electrons. The minimum Gasteiger partial charge on any atom is -0.378 e. The van der Waals surface area contributed by atoms with E-state index in [1.54, 1.807) is 0 Å². The molecule has 0 aliphatic rings. The zero-order chi connectivity index (χ0) is 18.6. The Balaban J connectivity index is 1.67. The molecule has 4 rings (SSSR count). The standard InChI is InChI=1S/C23H22N4/c1-27(2)20-9-7-19(8-10-20)26-23-22-6-4-3-5-21(22)18(16-25-23)15-17-11-13-24-14-12-17/h3-14,16H,15H2,1-2H3,(H,25,26). The lowest BCUT2D eigenvalue weighted by molar-refractivity contribution is 1.13. The van der Waals surface area contributed by atoms with Gasteiger partial charge < -0.3 is 10.2 Å². The first-order valence-corrected chi connectivity index (χ1v) is 9.00. The van der Waals surface area contributed by atoms with Crippen molar-refractivity contribution < 1.29 is 0 Å². The van der Waals surface area contributed by atoms with Crippen LogP contribution in [-0.2, 0) is 6.42 Å². The minimum absolute atomic E-state index is 0.841. The third kappa shape index (κ3) is 3.75. The Labute approximate surface area is 159 Å². The maximum absolute atomic E-state index is 4.72. The second-order valence-electron chi connectivity index (χ2n) is 6.78. The number of rotatable bonds is 5. The van der Waals surface area contributed by atoms with Gasteiger partial charge in [0.05, 0.1) is 0 Å². The summed E-state index contributed by atoms with van der Waals surface area (Å²) in [6.07, 6.45) is 6.48. The second-order valence-corrected chi connectivity index (χ2v) is 6.78. The number of benzene rings is 2. The van der Waals surface area contributed by atoms with E-state index in [1.807, 2.05) is 44.8 Å². The molecule has 4 aromatic rings. The molecule has 0 saturated carbocycles. The molecular formula is C23H22N4. The van der Waals surface area contributed by atoms with Gasteiger partial charge in [0.2, 0.25) is 0 Å². The van der Waals surface area contributed by atoms with E-state index in [2.05, 4.69) is 63.7 Å². The molecule has 0 aliphatic heterocycles. The monoisotopic (exact) mass is 354 g/mol. The molecule has 0 amide bonds. The van der Waals surface area contributed by atoms with Crippen molar-refractivity contribution in [1.82, 2.24) is 9.97 Å². The van der Waals surface area contributed by atoms with Crippen molar-refractivity contribution in [2.45, 2.75) is 6.42 Å². The van der Waals surface area contributed by atoms with Crippen LogP contribution in [0.25, 0.3) is 10.8 Å². The number of nitrogens with zero attached hydrogens (tertiary/aromatic N) is 3. The zero-order valence-corrected chi connectivity index (χ0v) is 15.6. The van der Waals surface area contributed by atoms with Crippen LogP contribution >= 0.6 is 0 Å². The van der Waals surface area contributed by atoms with E-state index in [1.165, 1.54) is 22.2 Å². The average molecular weight is 354 g/mol. The number of fused-ring (bicyclic) bond motifs is 1. The van der Waals surface area contributed by atoms with Crippen LogP contribution in [0.3, 0.4) is 0 Å². The SMILES string of the molecule is CN(C)c1ccc(Nc2ncc(Cc3ccncc3)c3ccccc23)cc1. The molecular weight excluding hydrogens is 332 g/mol. The molecule has 0 fully saturated rings. The van der Waals surface area contributed by atoms with Crippen molar-refractivity contribution in [1.29, 1.82) is 0 Å². The summed E-state index contributed by atoms with van der Waals surface area (Å²) in [5.74, 6) is 0.877. The normalized spacial score (nSPS) is 10.7. The van der Waals surface area contributed by atoms with Crippen LogP contribution in [0.15, 0.2) is 79.3 Å². The summed E-state index contributed by atoms with van der Waals surface area (Å²) in [6.45, 7) is 0. The summed E-state index contributed by atoms with van der Waals surface area (Å²) in [6, 6.07) is 20.9. The molecule has 2 aromatic heterocycles. The number of hydrogen-bond acceptors (Lipinski definition) is 4. The number of hydrogen-bond donors (Lipinski definition) is 1. The average Bonchev–Trinajstić information content (AvgIpc) is 2.71. The lowest BCUT2D eigenvalue weighted by atomic mass is 10.0.